The fourth-order valence-electron chi connectivity index (χ4n) is 7.32. The Morgan fingerprint density at radius 1 is 0.385 bits per heavy atom. The molecule has 10 aromatic rings. The Hall–Kier alpha value is -7.04. The maximum absolute atomic E-state index is 6.56. The van der Waals surface area contributed by atoms with Gasteiger partial charge >= 0.3 is 0 Å². The minimum atomic E-state index is 0.665. The maximum Gasteiger partial charge on any atom is 0.160 e. The number of benzene rings is 8. The van der Waals surface area contributed by atoms with E-state index < -0.39 is 0 Å². The van der Waals surface area contributed by atoms with Crippen LogP contribution in [0, 0.1) is 0 Å². The lowest BCUT2D eigenvalue weighted by molar-refractivity contribution is 0.673. The second kappa shape index (κ2) is 12.4. The van der Waals surface area contributed by atoms with Crippen LogP contribution < -0.4 is 4.90 Å². The number of rotatable bonds is 6. The molecule has 4 heteroatoms. The molecule has 0 aliphatic carbocycles. The van der Waals surface area contributed by atoms with E-state index in [0.717, 1.165) is 77.5 Å². The van der Waals surface area contributed by atoms with Crippen molar-refractivity contribution < 1.29 is 4.42 Å². The minimum Gasteiger partial charge on any atom is -0.455 e. The zero-order valence-electron chi connectivity index (χ0n) is 28.1. The van der Waals surface area contributed by atoms with Crippen LogP contribution >= 0.6 is 0 Å². The molecule has 0 atom stereocenters. The molecule has 0 saturated heterocycles. The van der Waals surface area contributed by atoms with Gasteiger partial charge in [0.1, 0.15) is 11.2 Å². The highest BCUT2D eigenvalue weighted by molar-refractivity contribution is 6.15. The van der Waals surface area contributed by atoms with E-state index in [1.54, 1.807) is 0 Å². The molecule has 0 amide bonds. The van der Waals surface area contributed by atoms with Crippen LogP contribution in [0.15, 0.2) is 192 Å². The molecule has 0 radical (unpaired) electrons. The lowest BCUT2D eigenvalue weighted by Crippen LogP contribution is -2.10. The van der Waals surface area contributed by atoms with E-state index >= 15 is 0 Å². The summed E-state index contributed by atoms with van der Waals surface area (Å²) in [6, 6.07) is 65.5. The van der Waals surface area contributed by atoms with Gasteiger partial charge in [0.2, 0.25) is 0 Å². The van der Waals surface area contributed by atoms with Crippen molar-refractivity contribution >= 4 is 60.7 Å². The van der Waals surface area contributed by atoms with Crippen molar-refractivity contribution in [1.29, 1.82) is 0 Å². The molecule has 0 fully saturated rings. The van der Waals surface area contributed by atoms with Gasteiger partial charge in [0.05, 0.1) is 11.2 Å². The summed E-state index contributed by atoms with van der Waals surface area (Å²) in [4.78, 5) is 12.7. The van der Waals surface area contributed by atoms with E-state index in [1.165, 1.54) is 11.1 Å². The Kier molecular flexibility index (Phi) is 7.10. The van der Waals surface area contributed by atoms with Gasteiger partial charge < -0.3 is 9.32 Å². The average molecular weight is 666 g/mol. The summed E-state index contributed by atoms with van der Waals surface area (Å²) in [5.41, 5.74) is 10.9. The molecule has 52 heavy (non-hydrogen) atoms. The summed E-state index contributed by atoms with van der Waals surface area (Å²) in [5.74, 6) is 0.665. The summed E-state index contributed by atoms with van der Waals surface area (Å²) in [6.07, 6.45) is 0. The quantitative estimate of drug-likeness (QED) is 0.177. The predicted octanol–water partition coefficient (Wildman–Crippen LogP) is 13.2. The van der Waals surface area contributed by atoms with Crippen LogP contribution in [-0.2, 0) is 0 Å². The summed E-state index contributed by atoms with van der Waals surface area (Å²) < 4.78 is 6.56. The van der Waals surface area contributed by atoms with E-state index in [-0.39, 0.29) is 0 Å². The van der Waals surface area contributed by atoms with Crippen molar-refractivity contribution in [3.8, 4) is 33.8 Å². The number of hydrogen-bond donors (Lipinski definition) is 0. The topological polar surface area (TPSA) is 42.2 Å². The van der Waals surface area contributed by atoms with Crippen LogP contribution in [0.3, 0.4) is 0 Å². The largest absolute Gasteiger partial charge is 0.455 e. The molecule has 2 aromatic heterocycles. The molecule has 10 rings (SSSR count). The van der Waals surface area contributed by atoms with Crippen molar-refractivity contribution in [3.63, 3.8) is 0 Å². The van der Waals surface area contributed by atoms with Crippen LogP contribution in [0.25, 0.3) is 77.4 Å². The summed E-state index contributed by atoms with van der Waals surface area (Å²) >= 11 is 0. The molecular formula is C48H31N3O. The van der Waals surface area contributed by atoms with E-state index in [1.807, 2.05) is 24.3 Å². The first-order valence-corrected chi connectivity index (χ1v) is 17.5. The number of furan rings is 1. The molecule has 8 aromatic carbocycles. The molecular weight excluding hydrogens is 635 g/mol. The maximum atomic E-state index is 6.56. The van der Waals surface area contributed by atoms with Gasteiger partial charge in [-0.3, -0.25) is 0 Å². The molecule has 2 heterocycles. The van der Waals surface area contributed by atoms with Gasteiger partial charge in [-0.25, -0.2) is 9.97 Å². The van der Waals surface area contributed by atoms with Gasteiger partial charge in [0.15, 0.2) is 5.82 Å². The second-order valence-electron chi connectivity index (χ2n) is 13.0. The zero-order chi connectivity index (χ0) is 34.4. The first-order chi connectivity index (χ1) is 25.8. The standard InChI is InChI=1S/C48H31N3O/c1-3-12-32(13-4-1)33-22-26-38(27-23-33)51(37-16-5-2-6-17-37)39-18-11-15-36(30-39)48-49-44-21-10-9-20-43(44)46(50-48)35-25-28-41-42-29-24-34-14-7-8-19-40(34)47(42)52-45(41)31-35/h1-31H. The minimum absolute atomic E-state index is 0.665. The van der Waals surface area contributed by atoms with E-state index in [2.05, 4.69) is 169 Å². The van der Waals surface area contributed by atoms with Crippen molar-refractivity contribution in [2.75, 3.05) is 4.90 Å². The zero-order valence-corrected chi connectivity index (χ0v) is 28.1. The molecule has 0 unspecified atom stereocenters. The van der Waals surface area contributed by atoms with Gasteiger partial charge in [-0.1, -0.05) is 127 Å². The third kappa shape index (κ3) is 5.17. The number of aromatic nitrogens is 2. The van der Waals surface area contributed by atoms with Crippen LogP contribution in [0.5, 0.6) is 0 Å². The molecule has 0 saturated carbocycles. The van der Waals surface area contributed by atoms with Gasteiger partial charge in [-0.2, -0.15) is 0 Å². The van der Waals surface area contributed by atoms with E-state index in [0.29, 0.717) is 5.82 Å². The molecule has 0 bridgehead atoms. The fraction of sp³-hybridized carbons (Fsp3) is 0. The molecule has 0 aliphatic rings. The van der Waals surface area contributed by atoms with E-state index in [9.17, 15) is 0 Å². The van der Waals surface area contributed by atoms with Crippen LogP contribution in [0.2, 0.25) is 0 Å². The Bertz CT molecular complexity index is 2900. The molecule has 0 spiro atoms. The van der Waals surface area contributed by atoms with Gasteiger partial charge in [-0.05, 0) is 77.2 Å². The number of fused-ring (bicyclic) bond motifs is 6. The smallest absolute Gasteiger partial charge is 0.160 e. The number of hydrogen-bond acceptors (Lipinski definition) is 4. The number of para-hydroxylation sites is 2. The lowest BCUT2D eigenvalue weighted by Gasteiger charge is -2.26. The average Bonchev–Trinajstić information content (AvgIpc) is 3.60. The van der Waals surface area contributed by atoms with Crippen LogP contribution in [0.4, 0.5) is 17.1 Å². The fourth-order valence-corrected chi connectivity index (χ4v) is 7.32. The monoisotopic (exact) mass is 665 g/mol. The van der Waals surface area contributed by atoms with Crippen molar-refractivity contribution in [3.05, 3.63) is 188 Å². The first kappa shape index (κ1) is 29.8. The Morgan fingerprint density at radius 3 is 1.87 bits per heavy atom. The molecule has 244 valence electrons. The molecule has 4 nitrogen and oxygen atoms in total. The Balaban J connectivity index is 1.09. The Labute approximate surface area is 300 Å². The van der Waals surface area contributed by atoms with Gasteiger partial charge in [0, 0.05) is 49.7 Å². The van der Waals surface area contributed by atoms with Crippen LogP contribution in [0.1, 0.15) is 0 Å². The highest BCUT2D eigenvalue weighted by Crippen LogP contribution is 2.39. The highest BCUT2D eigenvalue weighted by atomic mass is 16.3. The third-order valence-corrected chi connectivity index (χ3v) is 9.85. The number of anilines is 3. The normalized spacial score (nSPS) is 11.5. The summed E-state index contributed by atoms with van der Waals surface area (Å²) in [6.45, 7) is 0. The van der Waals surface area contributed by atoms with E-state index in [4.69, 9.17) is 14.4 Å². The summed E-state index contributed by atoms with van der Waals surface area (Å²) in [5, 5.41) is 5.48. The van der Waals surface area contributed by atoms with Gasteiger partial charge in [-0.15, -0.1) is 0 Å². The third-order valence-electron chi connectivity index (χ3n) is 9.85. The predicted molar refractivity (Wildman–Crippen MR) is 215 cm³/mol. The van der Waals surface area contributed by atoms with Gasteiger partial charge in [0.25, 0.3) is 0 Å². The summed E-state index contributed by atoms with van der Waals surface area (Å²) in [7, 11) is 0. The second-order valence-corrected chi connectivity index (χ2v) is 13.0. The SMILES string of the molecule is c1ccc(-c2ccc(N(c3ccccc3)c3cccc(-c4nc(-c5ccc6c(c5)oc5c7ccccc7ccc65)c5ccccc5n4)c3)cc2)cc1. The number of nitrogens with zero attached hydrogens (tertiary/aromatic N) is 3. The van der Waals surface area contributed by atoms with Crippen LogP contribution in [-0.4, -0.2) is 9.97 Å². The molecule has 0 N–H and O–H groups in total. The van der Waals surface area contributed by atoms with Crippen molar-refractivity contribution in [2.24, 2.45) is 0 Å². The first-order valence-electron chi connectivity index (χ1n) is 17.5. The molecule has 0 aliphatic heterocycles. The van der Waals surface area contributed by atoms with Crippen molar-refractivity contribution in [2.45, 2.75) is 0 Å². The highest BCUT2D eigenvalue weighted by Gasteiger charge is 2.18. The lowest BCUT2D eigenvalue weighted by atomic mass is 10.0. The Morgan fingerprint density at radius 2 is 1.02 bits per heavy atom. The van der Waals surface area contributed by atoms with Crippen molar-refractivity contribution in [1.82, 2.24) is 9.97 Å².